The van der Waals surface area contributed by atoms with Crippen molar-refractivity contribution in [2.45, 2.75) is 32.7 Å². The van der Waals surface area contributed by atoms with E-state index >= 15 is 0 Å². The Hall–Kier alpha value is -0.870. The van der Waals surface area contributed by atoms with Gasteiger partial charge in [0.15, 0.2) is 0 Å². The van der Waals surface area contributed by atoms with Gasteiger partial charge in [-0.15, -0.1) is 0 Å². The molecule has 1 aromatic heterocycles. The fourth-order valence-corrected chi connectivity index (χ4v) is 3.06. The molecule has 2 heterocycles. The van der Waals surface area contributed by atoms with Gasteiger partial charge in [0.05, 0.1) is 5.41 Å². The van der Waals surface area contributed by atoms with Crippen LogP contribution in [0, 0.1) is 5.41 Å². The molecule has 94 valence electrons. The average molecular weight is 252 g/mol. The molecule has 17 heavy (non-hydrogen) atoms. The van der Waals surface area contributed by atoms with Gasteiger partial charge in [0.25, 0.3) is 0 Å². The summed E-state index contributed by atoms with van der Waals surface area (Å²) in [4.78, 5) is 12.3. The average Bonchev–Trinajstić information content (AvgIpc) is 2.90. The third kappa shape index (κ3) is 2.87. The second kappa shape index (κ2) is 5.65. The number of piperidine rings is 1. The number of carbonyl (C=O) groups is 1. The van der Waals surface area contributed by atoms with Crippen molar-refractivity contribution in [1.82, 2.24) is 10.6 Å². The second-order valence-corrected chi connectivity index (χ2v) is 5.51. The van der Waals surface area contributed by atoms with Crippen molar-refractivity contribution in [1.29, 1.82) is 0 Å². The van der Waals surface area contributed by atoms with E-state index in [0.29, 0.717) is 6.54 Å². The maximum absolute atomic E-state index is 12.3. The highest BCUT2D eigenvalue weighted by atomic mass is 32.1. The second-order valence-electron chi connectivity index (χ2n) is 4.73. The van der Waals surface area contributed by atoms with E-state index in [-0.39, 0.29) is 11.3 Å². The molecular weight excluding hydrogens is 232 g/mol. The van der Waals surface area contributed by atoms with Gasteiger partial charge in [-0.05, 0) is 48.2 Å². The van der Waals surface area contributed by atoms with Crippen LogP contribution in [-0.4, -0.2) is 19.0 Å². The Kier molecular flexibility index (Phi) is 4.18. The fraction of sp³-hybridized carbons (Fsp3) is 0.615. The van der Waals surface area contributed by atoms with Crippen LogP contribution in [0.1, 0.15) is 31.7 Å². The Labute approximate surface area is 107 Å². The van der Waals surface area contributed by atoms with Crippen molar-refractivity contribution in [2.24, 2.45) is 5.41 Å². The van der Waals surface area contributed by atoms with E-state index in [1.807, 2.05) is 5.38 Å². The zero-order valence-electron chi connectivity index (χ0n) is 10.3. The zero-order chi connectivity index (χ0) is 12.1. The van der Waals surface area contributed by atoms with Gasteiger partial charge in [-0.25, -0.2) is 0 Å². The van der Waals surface area contributed by atoms with Crippen LogP contribution in [0.2, 0.25) is 0 Å². The largest absolute Gasteiger partial charge is 0.351 e. The van der Waals surface area contributed by atoms with Gasteiger partial charge in [-0.3, -0.25) is 4.79 Å². The lowest BCUT2D eigenvalue weighted by Gasteiger charge is -2.35. The standard InChI is InChI=1S/C13H20N2OS/c1-2-13(5-3-6-14-10-13)12(16)15-8-11-4-7-17-9-11/h4,7,9,14H,2-3,5-6,8,10H2,1H3,(H,15,16). The molecule has 1 unspecified atom stereocenters. The molecule has 0 bridgehead atoms. The molecule has 3 nitrogen and oxygen atoms in total. The first kappa shape index (κ1) is 12.6. The van der Waals surface area contributed by atoms with Crippen LogP contribution in [0.15, 0.2) is 16.8 Å². The molecule has 1 saturated heterocycles. The molecule has 0 radical (unpaired) electrons. The predicted molar refractivity (Wildman–Crippen MR) is 71.0 cm³/mol. The van der Waals surface area contributed by atoms with E-state index in [1.165, 1.54) is 5.56 Å². The first-order valence-electron chi connectivity index (χ1n) is 6.27. The molecule has 1 amide bonds. The Bertz CT molecular complexity index is 356. The normalized spacial score (nSPS) is 24.5. The number of rotatable bonds is 4. The third-order valence-corrected chi connectivity index (χ3v) is 4.40. The summed E-state index contributed by atoms with van der Waals surface area (Å²) in [7, 11) is 0. The monoisotopic (exact) mass is 252 g/mol. The van der Waals surface area contributed by atoms with Crippen LogP contribution in [0.3, 0.4) is 0 Å². The van der Waals surface area contributed by atoms with E-state index in [2.05, 4.69) is 29.0 Å². The van der Waals surface area contributed by atoms with E-state index in [1.54, 1.807) is 11.3 Å². The highest BCUT2D eigenvalue weighted by Gasteiger charge is 2.37. The van der Waals surface area contributed by atoms with Crippen molar-refractivity contribution in [3.63, 3.8) is 0 Å². The molecule has 0 aliphatic carbocycles. The van der Waals surface area contributed by atoms with E-state index < -0.39 is 0 Å². The summed E-state index contributed by atoms with van der Waals surface area (Å²) in [6.45, 7) is 4.62. The Balaban J connectivity index is 1.93. The number of hydrogen-bond donors (Lipinski definition) is 2. The Morgan fingerprint density at radius 2 is 2.53 bits per heavy atom. The Morgan fingerprint density at radius 3 is 3.12 bits per heavy atom. The summed E-state index contributed by atoms with van der Waals surface area (Å²) in [6.07, 6.45) is 3.02. The molecule has 1 aromatic rings. The number of hydrogen-bond acceptors (Lipinski definition) is 3. The highest BCUT2D eigenvalue weighted by molar-refractivity contribution is 7.07. The smallest absolute Gasteiger partial charge is 0.227 e. The first-order valence-corrected chi connectivity index (χ1v) is 7.21. The molecule has 0 saturated carbocycles. The molecule has 0 aromatic carbocycles. The van der Waals surface area contributed by atoms with E-state index in [4.69, 9.17) is 0 Å². The summed E-state index contributed by atoms with van der Waals surface area (Å²) in [5.41, 5.74) is 1.01. The molecule has 2 rings (SSSR count). The number of amides is 1. The molecule has 1 aliphatic rings. The minimum atomic E-state index is -0.186. The van der Waals surface area contributed by atoms with Gasteiger partial charge in [0.1, 0.15) is 0 Å². The van der Waals surface area contributed by atoms with Crippen molar-refractivity contribution >= 4 is 17.2 Å². The lowest BCUT2D eigenvalue weighted by molar-refractivity contribution is -0.132. The van der Waals surface area contributed by atoms with Gasteiger partial charge in [0.2, 0.25) is 5.91 Å². The lowest BCUT2D eigenvalue weighted by Crippen LogP contribution is -2.49. The minimum Gasteiger partial charge on any atom is -0.351 e. The maximum atomic E-state index is 12.3. The number of thiophene rings is 1. The summed E-state index contributed by atoms with van der Waals surface area (Å²) in [5, 5.41) is 10.5. The summed E-state index contributed by atoms with van der Waals surface area (Å²) in [6, 6.07) is 2.06. The van der Waals surface area contributed by atoms with E-state index in [0.717, 1.165) is 32.4 Å². The lowest BCUT2D eigenvalue weighted by atomic mass is 9.77. The van der Waals surface area contributed by atoms with Crippen LogP contribution in [0.25, 0.3) is 0 Å². The zero-order valence-corrected chi connectivity index (χ0v) is 11.1. The maximum Gasteiger partial charge on any atom is 0.227 e. The molecule has 2 N–H and O–H groups in total. The molecule has 4 heteroatoms. The third-order valence-electron chi connectivity index (χ3n) is 3.66. The van der Waals surface area contributed by atoms with Crippen molar-refractivity contribution in [3.8, 4) is 0 Å². The summed E-state index contributed by atoms with van der Waals surface area (Å²) in [5.74, 6) is 0.207. The molecule has 1 fully saturated rings. The van der Waals surface area contributed by atoms with Gasteiger partial charge < -0.3 is 10.6 Å². The van der Waals surface area contributed by atoms with Crippen LogP contribution in [-0.2, 0) is 11.3 Å². The minimum absolute atomic E-state index is 0.186. The fourth-order valence-electron chi connectivity index (χ4n) is 2.39. The molecular formula is C13H20N2OS. The first-order chi connectivity index (χ1) is 8.27. The van der Waals surface area contributed by atoms with Crippen molar-refractivity contribution in [3.05, 3.63) is 22.4 Å². The van der Waals surface area contributed by atoms with Crippen LogP contribution in [0.4, 0.5) is 0 Å². The molecule has 1 aliphatic heterocycles. The molecule has 1 atom stereocenters. The summed E-state index contributed by atoms with van der Waals surface area (Å²) >= 11 is 1.67. The van der Waals surface area contributed by atoms with Crippen LogP contribution in [0.5, 0.6) is 0 Å². The number of nitrogens with one attached hydrogen (secondary N) is 2. The SMILES string of the molecule is CCC1(C(=O)NCc2ccsc2)CCCNC1. The van der Waals surface area contributed by atoms with Gasteiger partial charge in [-0.2, -0.15) is 11.3 Å². The van der Waals surface area contributed by atoms with Crippen molar-refractivity contribution < 1.29 is 4.79 Å². The van der Waals surface area contributed by atoms with Crippen LogP contribution < -0.4 is 10.6 Å². The topological polar surface area (TPSA) is 41.1 Å². The predicted octanol–water partition coefficient (Wildman–Crippen LogP) is 2.14. The van der Waals surface area contributed by atoms with Gasteiger partial charge in [0, 0.05) is 13.1 Å². The highest BCUT2D eigenvalue weighted by Crippen LogP contribution is 2.30. The Morgan fingerprint density at radius 1 is 1.65 bits per heavy atom. The van der Waals surface area contributed by atoms with Crippen molar-refractivity contribution in [2.75, 3.05) is 13.1 Å². The van der Waals surface area contributed by atoms with Gasteiger partial charge in [-0.1, -0.05) is 6.92 Å². The van der Waals surface area contributed by atoms with Crippen LogP contribution >= 0.6 is 11.3 Å². The number of carbonyl (C=O) groups excluding carboxylic acids is 1. The van der Waals surface area contributed by atoms with Gasteiger partial charge >= 0.3 is 0 Å². The quantitative estimate of drug-likeness (QED) is 0.862. The van der Waals surface area contributed by atoms with E-state index in [9.17, 15) is 4.79 Å². The molecule has 0 spiro atoms. The summed E-state index contributed by atoms with van der Waals surface area (Å²) < 4.78 is 0.